The van der Waals surface area contributed by atoms with Gasteiger partial charge in [-0.2, -0.15) is 0 Å². The number of nitrogens with zero attached hydrogens (tertiary/aromatic N) is 2. The van der Waals surface area contributed by atoms with Crippen LogP contribution in [-0.2, 0) is 11.3 Å². The maximum Gasteiger partial charge on any atom is 0.193 e. The van der Waals surface area contributed by atoms with Gasteiger partial charge in [0.05, 0.1) is 11.8 Å². The molecule has 0 radical (unpaired) electrons. The van der Waals surface area contributed by atoms with E-state index in [4.69, 9.17) is 4.74 Å². The lowest BCUT2D eigenvalue weighted by Gasteiger charge is -2.26. The lowest BCUT2D eigenvalue weighted by atomic mass is 9.97. The van der Waals surface area contributed by atoms with Crippen molar-refractivity contribution >= 4 is 16.3 Å². The van der Waals surface area contributed by atoms with Gasteiger partial charge in [0, 0.05) is 43.9 Å². The third-order valence-electron chi connectivity index (χ3n) is 3.54. The monoisotopic (exact) mass is 267 g/mol. The molecule has 18 heavy (non-hydrogen) atoms. The van der Waals surface area contributed by atoms with Gasteiger partial charge in [-0.1, -0.05) is 0 Å². The Labute approximate surface area is 109 Å². The Hall–Kier alpha value is -0.950. The van der Waals surface area contributed by atoms with Crippen LogP contribution in [0, 0.1) is 0 Å². The van der Waals surface area contributed by atoms with Crippen LogP contribution in [0.15, 0.2) is 17.8 Å². The molecule has 2 aromatic rings. The van der Waals surface area contributed by atoms with Crippen molar-refractivity contribution < 1.29 is 9.84 Å². The normalized spacial score (nSPS) is 28.2. The van der Waals surface area contributed by atoms with Crippen LogP contribution in [0.4, 0.5) is 0 Å². The molecule has 0 amide bonds. The van der Waals surface area contributed by atoms with Crippen LogP contribution < -0.4 is 5.32 Å². The van der Waals surface area contributed by atoms with Crippen LogP contribution in [0.1, 0.15) is 19.0 Å². The lowest BCUT2D eigenvalue weighted by molar-refractivity contribution is -0.0263. The highest BCUT2D eigenvalue weighted by atomic mass is 32.1. The number of thiazole rings is 1. The van der Waals surface area contributed by atoms with Gasteiger partial charge in [0.2, 0.25) is 0 Å². The van der Waals surface area contributed by atoms with Crippen LogP contribution in [0.3, 0.4) is 0 Å². The maximum atomic E-state index is 10.3. The highest BCUT2D eigenvalue weighted by molar-refractivity contribution is 7.15. The third kappa shape index (κ3) is 2.16. The Balaban J connectivity index is 1.57. The molecule has 1 saturated heterocycles. The van der Waals surface area contributed by atoms with Crippen LogP contribution in [0.25, 0.3) is 4.96 Å². The molecule has 6 heteroatoms. The summed E-state index contributed by atoms with van der Waals surface area (Å²) >= 11 is 1.62. The van der Waals surface area contributed by atoms with Gasteiger partial charge in [0.25, 0.3) is 0 Å². The molecule has 2 atom stereocenters. The molecule has 0 aliphatic carbocycles. The van der Waals surface area contributed by atoms with E-state index in [1.807, 2.05) is 29.1 Å². The number of ether oxygens (including phenoxy) is 1. The Kier molecular flexibility index (Phi) is 3.11. The summed E-state index contributed by atoms with van der Waals surface area (Å²) in [4.78, 5) is 5.49. The molecule has 0 saturated carbocycles. The van der Waals surface area contributed by atoms with Crippen LogP contribution in [-0.4, -0.2) is 39.3 Å². The fourth-order valence-corrected chi connectivity index (χ4v) is 2.99. The number of aromatic nitrogens is 2. The first-order valence-electron chi connectivity index (χ1n) is 6.13. The lowest BCUT2D eigenvalue weighted by Crippen LogP contribution is -2.45. The average Bonchev–Trinajstić information content (AvgIpc) is 2.96. The molecule has 0 bridgehead atoms. The van der Waals surface area contributed by atoms with Gasteiger partial charge in [-0.05, 0) is 6.92 Å². The first kappa shape index (κ1) is 12.1. The number of nitrogens with one attached hydrogen (secondary N) is 1. The number of hydrogen-bond donors (Lipinski definition) is 2. The Morgan fingerprint density at radius 3 is 3.33 bits per heavy atom. The molecule has 1 aliphatic heterocycles. The number of rotatable bonds is 4. The number of imidazole rings is 1. The van der Waals surface area contributed by atoms with Gasteiger partial charge in [-0.15, -0.1) is 11.3 Å². The predicted molar refractivity (Wildman–Crippen MR) is 69.8 cm³/mol. The van der Waals surface area contributed by atoms with Crippen molar-refractivity contribution in [3.63, 3.8) is 0 Å². The minimum Gasteiger partial charge on any atom is -0.386 e. The van der Waals surface area contributed by atoms with Crippen molar-refractivity contribution in [2.24, 2.45) is 0 Å². The van der Waals surface area contributed by atoms with E-state index in [1.54, 1.807) is 11.3 Å². The molecular weight excluding hydrogens is 250 g/mol. The zero-order valence-corrected chi connectivity index (χ0v) is 11.1. The zero-order chi connectivity index (χ0) is 12.6. The van der Waals surface area contributed by atoms with Gasteiger partial charge in [-0.3, -0.25) is 4.40 Å². The largest absolute Gasteiger partial charge is 0.386 e. The first-order chi connectivity index (χ1) is 8.67. The molecule has 5 nitrogen and oxygen atoms in total. The predicted octanol–water partition coefficient (Wildman–Crippen LogP) is 1.03. The second-order valence-corrected chi connectivity index (χ2v) is 5.67. The summed E-state index contributed by atoms with van der Waals surface area (Å²) in [7, 11) is 0. The molecular formula is C12H17N3O2S. The molecule has 2 N–H and O–H groups in total. The van der Waals surface area contributed by atoms with E-state index in [0.29, 0.717) is 26.1 Å². The summed E-state index contributed by atoms with van der Waals surface area (Å²) in [5.74, 6) is 0. The summed E-state index contributed by atoms with van der Waals surface area (Å²) in [5, 5.41) is 15.6. The standard InChI is InChI=1S/C12H17N3O2S/c1-9-12(16,2-4-17-9)8-13-6-10-7-15-3-5-18-11(15)14-10/h3,5,7,9,13,16H,2,4,6,8H2,1H3. The molecule has 2 aromatic heterocycles. The Morgan fingerprint density at radius 1 is 1.72 bits per heavy atom. The number of fused-ring (bicyclic) bond motifs is 1. The van der Waals surface area contributed by atoms with Gasteiger partial charge < -0.3 is 15.2 Å². The third-order valence-corrected chi connectivity index (χ3v) is 4.31. The van der Waals surface area contributed by atoms with Crippen LogP contribution in [0.2, 0.25) is 0 Å². The molecule has 3 rings (SSSR count). The van der Waals surface area contributed by atoms with Gasteiger partial charge in [0.15, 0.2) is 4.96 Å². The second-order valence-electron chi connectivity index (χ2n) is 4.80. The minimum absolute atomic E-state index is 0.101. The fraction of sp³-hybridized carbons (Fsp3) is 0.583. The molecule has 1 fully saturated rings. The summed E-state index contributed by atoms with van der Waals surface area (Å²) in [6.45, 7) is 3.77. The fourth-order valence-electron chi connectivity index (χ4n) is 2.27. The van der Waals surface area contributed by atoms with E-state index in [2.05, 4.69) is 10.3 Å². The molecule has 3 heterocycles. The van der Waals surface area contributed by atoms with Crippen molar-refractivity contribution in [1.29, 1.82) is 0 Å². The van der Waals surface area contributed by atoms with Crippen molar-refractivity contribution in [3.8, 4) is 0 Å². The molecule has 1 aliphatic rings. The quantitative estimate of drug-likeness (QED) is 0.868. The minimum atomic E-state index is -0.739. The van der Waals surface area contributed by atoms with Gasteiger partial charge >= 0.3 is 0 Å². The van der Waals surface area contributed by atoms with E-state index < -0.39 is 5.60 Å². The van der Waals surface area contributed by atoms with Crippen LogP contribution >= 0.6 is 11.3 Å². The molecule has 0 aromatic carbocycles. The van der Waals surface area contributed by atoms with E-state index in [1.165, 1.54) is 0 Å². The van der Waals surface area contributed by atoms with Crippen molar-refractivity contribution in [3.05, 3.63) is 23.5 Å². The first-order valence-corrected chi connectivity index (χ1v) is 7.01. The van der Waals surface area contributed by atoms with E-state index in [0.717, 1.165) is 10.7 Å². The average molecular weight is 267 g/mol. The second kappa shape index (κ2) is 4.62. The SMILES string of the molecule is CC1OCCC1(O)CNCc1cn2ccsc2n1. The van der Waals surface area contributed by atoms with Crippen molar-refractivity contribution in [1.82, 2.24) is 14.7 Å². The summed E-state index contributed by atoms with van der Waals surface area (Å²) in [5.41, 5.74) is 0.258. The number of aliphatic hydroxyl groups is 1. The topological polar surface area (TPSA) is 58.8 Å². The maximum absolute atomic E-state index is 10.3. The van der Waals surface area contributed by atoms with E-state index >= 15 is 0 Å². The summed E-state index contributed by atoms with van der Waals surface area (Å²) in [6.07, 6.45) is 4.60. The van der Waals surface area contributed by atoms with E-state index in [9.17, 15) is 5.11 Å². The van der Waals surface area contributed by atoms with E-state index in [-0.39, 0.29) is 6.10 Å². The molecule has 98 valence electrons. The smallest absolute Gasteiger partial charge is 0.193 e. The summed E-state index contributed by atoms with van der Waals surface area (Å²) < 4.78 is 7.41. The van der Waals surface area contributed by atoms with Crippen molar-refractivity contribution in [2.75, 3.05) is 13.2 Å². The summed E-state index contributed by atoms with van der Waals surface area (Å²) in [6, 6.07) is 0. The zero-order valence-electron chi connectivity index (χ0n) is 10.3. The van der Waals surface area contributed by atoms with Gasteiger partial charge in [0.1, 0.15) is 5.60 Å². The molecule has 0 spiro atoms. The highest BCUT2D eigenvalue weighted by Gasteiger charge is 2.38. The molecule has 2 unspecified atom stereocenters. The Bertz CT molecular complexity index is 510. The number of hydrogen-bond acceptors (Lipinski definition) is 5. The van der Waals surface area contributed by atoms with Crippen LogP contribution in [0.5, 0.6) is 0 Å². The highest BCUT2D eigenvalue weighted by Crippen LogP contribution is 2.24. The Morgan fingerprint density at radius 2 is 2.61 bits per heavy atom. The van der Waals surface area contributed by atoms with Gasteiger partial charge in [-0.25, -0.2) is 4.98 Å². The van der Waals surface area contributed by atoms with Crippen molar-refractivity contribution in [2.45, 2.75) is 31.6 Å².